The highest BCUT2D eigenvalue weighted by molar-refractivity contribution is 6.32. The largest absolute Gasteiger partial charge is 0.484 e. The molecule has 0 N–H and O–H groups in total. The van der Waals surface area contributed by atoms with Gasteiger partial charge in [0.15, 0.2) is 24.0 Å². The van der Waals surface area contributed by atoms with Gasteiger partial charge in [-0.1, -0.05) is 48.0 Å². The molecular weight excluding hydrogens is 346 g/mol. The number of hydrogen-bond acceptors (Lipinski definition) is 2. The SMILES string of the molecule is O=C(COc1ccc(-c2ccccc2)cc1Cl)c1ccc(F)c(F)c1. The first-order chi connectivity index (χ1) is 12.0. The number of ether oxygens (including phenoxy) is 1. The van der Waals surface area contributed by atoms with Gasteiger partial charge in [0.25, 0.3) is 0 Å². The summed E-state index contributed by atoms with van der Waals surface area (Å²) in [5, 5.41) is 0.361. The molecule has 0 amide bonds. The summed E-state index contributed by atoms with van der Waals surface area (Å²) in [6, 6.07) is 17.9. The van der Waals surface area contributed by atoms with E-state index in [4.69, 9.17) is 16.3 Å². The molecule has 2 nitrogen and oxygen atoms in total. The van der Waals surface area contributed by atoms with Crippen LogP contribution in [-0.4, -0.2) is 12.4 Å². The summed E-state index contributed by atoms with van der Waals surface area (Å²) in [5.41, 5.74) is 1.97. The zero-order chi connectivity index (χ0) is 17.8. The molecule has 0 heterocycles. The van der Waals surface area contributed by atoms with Crippen LogP contribution in [0.3, 0.4) is 0 Å². The van der Waals surface area contributed by atoms with Crippen molar-refractivity contribution in [2.45, 2.75) is 0 Å². The van der Waals surface area contributed by atoms with Crippen LogP contribution in [0.1, 0.15) is 10.4 Å². The third-order valence-corrected chi connectivity index (χ3v) is 3.93. The van der Waals surface area contributed by atoms with Crippen LogP contribution in [0.4, 0.5) is 8.78 Å². The van der Waals surface area contributed by atoms with E-state index >= 15 is 0 Å². The Morgan fingerprint density at radius 3 is 2.32 bits per heavy atom. The van der Waals surface area contributed by atoms with E-state index in [0.29, 0.717) is 10.8 Å². The van der Waals surface area contributed by atoms with Crippen LogP contribution in [0.2, 0.25) is 5.02 Å². The van der Waals surface area contributed by atoms with Crippen LogP contribution >= 0.6 is 11.6 Å². The predicted molar refractivity (Wildman–Crippen MR) is 93.1 cm³/mol. The molecule has 0 radical (unpaired) electrons. The summed E-state index contributed by atoms with van der Waals surface area (Å²) in [4.78, 5) is 12.0. The number of carbonyl (C=O) groups is 1. The number of benzene rings is 3. The molecule has 0 aromatic heterocycles. The highest BCUT2D eigenvalue weighted by Crippen LogP contribution is 2.30. The maximum atomic E-state index is 13.2. The van der Waals surface area contributed by atoms with Crippen molar-refractivity contribution < 1.29 is 18.3 Å². The zero-order valence-electron chi connectivity index (χ0n) is 13.0. The first-order valence-corrected chi connectivity index (χ1v) is 7.88. The lowest BCUT2D eigenvalue weighted by atomic mass is 10.1. The van der Waals surface area contributed by atoms with Gasteiger partial charge in [0.2, 0.25) is 0 Å². The highest BCUT2D eigenvalue weighted by atomic mass is 35.5. The standard InChI is InChI=1S/C20H13ClF2O2/c21-16-10-14(13-4-2-1-3-5-13)7-9-20(16)25-12-19(24)15-6-8-17(22)18(23)11-15/h1-11H,12H2. The first-order valence-electron chi connectivity index (χ1n) is 7.50. The van der Waals surface area contributed by atoms with E-state index in [1.165, 1.54) is 6.07 Å². The quantitative estimate of drug-likeness (QED) is 0.559. The lowest BCUT2D eigenvalue weighted by Crippen LogP contribution is -2.12. The number of ketones is 1. The van der Waals surface area contributed by atoms with Crippen molar-refractivity contribution in [1.29, 1.82) is 0 Å². The molecule has 3 rings (SSSR count). The fourth-order valence-electron chi connectivity index (χ4n) is 2.32. The zero-order valence-corrected chi connectivity index (χ0v) is 13.8. The minimum atomic E-state index is -1.07. The number of hydrogen-bond donors (Lipinski definition) is 0. The molecule has 0 saturated heterocycles. The highest BCUT2D eigenvalue weighted by Gasteiger charge is 2.12. The fraction of sp³-hybridized carbons (Fsp3) is 0.0500. The Labute approximate surface area is 148 Å². The van der Waals surface area contributed by atoms with Crippen LogP contribution in [0.5, 0.6) is 5.75 Å². The van der Waals surface area contributed by atoms with E-state index in [1.54, 1.807) is 12.1 Å². The third kappa shape index (κ3) is 4.03. The van der Waals surface area contributed by atoms with Crippen molar-refractivity contribution in [3.63, 3.8) is 0 Å². The summed E-state index contributed by atoms with van der Waals surface area (Å²) in [7, 11) is 0. The Balaban J connectivity index is 1.71. The molecule has 0 atom stereocenters. The van der Waals surface area contributed by atoms with Gasteiger partial charge in [-0.25, -0.2) is 8.78 Å². The van der Waals surface area contributed by atoms with E-state index in [1.807, 2.05) is 36.4 Å². The molecule has 0 spiro atoms. The van der Waals surface area contributed by atoms with E-state index in [9.17, 15) is 13.6 Å². The van der Waals surface area contributed by atoms with Crippen molar-refractivity contribution in [2.24, 2.45) is 0 Å². The van der Waals surface area contributed by atoms with Gasteiger partial charge in [-0.3, -0.25) is 4.79 Å². The van der Waals surface area contributed by atoms with Crippen LogP contribution in [0, 0.1) is 11.6 Å². The monoisotopic (exact) mass is 358 g/mol. The average molecular weight is 359 g/mol. The third-order valence-electron chi connectivity index (χ3n) is 3.64. The summed E-state index contributed by atoms with van der Waals surface area (Å²) in [5.74, 6) is -2.20. The number of Topliss-reactive ketones (excluding diaryl/α,β-unsaturated/α-hetero) is 1. The summed E-state index contributed by atoms with van der Waals surface area (Å²) < 4.78 is 31.5. The van der Waals surface area contributed by atoms with E-state index in [2.05, 4.69) is 0 Å². The fourth-order valence-corrected chi connectivity index (χ4v) is 2.56. The molecule has 0 saturated carbocycles. The lowest BCUT2D eigenvalue weighted by molar-refractivity contribution is 0.0921. The van der Waals surface area contributed by atoms with Gasteiger partial charge < -0.3 is 4.74 Å². The van der Waals surface area contributed by atoms with Gasteiger partial charge >= 0.3 is 0 Å². The van der Waals surface area contributed by atoms with Crippen molar-refractivity contribution in [3.05, 3.63) is 89.0 Å². The van der Waals surface area contributed by atoms with Crippen molar-refractivity contribution in [1.82, 2.24) is 0 Å². The molecule has 126 valence electrons. The second kappa shape index (κ2) is 7.45. The average Bonchev–Trinajstić information content (AvgIpc) is 2.63. The van der Waals surface area contributed by atoms with E-state index < -0.39 is 17.4 Å². The Morgan fingerprint density at radius 2 is 1.64 bits per heavy atom. The Morgan fingerprint density at radius 1 is 0.880 bits per heavy atom. The number of rotatable bonds is 5. The van der Waals surface area contributed by atoms with Crippen LogP contribution in [0.15, 0.2) is 66.7 Å². The normalized spacial score (nSPS) is 10.5. The smallest absolute Gasteiger partial charge is 0.200 e. The van der Waals surface area contributed by atoms with Crippen LogP contribution < -0.4 is 4.74 Å². The Kier molecular flexibility index (Phi) is 5.10. The molecule has 0 unspecified atom stereocenters. The Bertz CT molecular complexity index is 911. The van der Waals surface area contributed by atoms with E-state index in [0.717, 1.165) is 23.3 Å². The van der Waals surface area contributed by atoms with Crippen LogP contribution in [-0.2, 0) is 0 Å². The first kappa shape index (κ1) is 17.1. The van der Waals surface area contributed by atoms with Gasteiger partial charge in [-0.2, -0.15) is 0 Å². The predicted octanol–water partition coefficient (Wildman–Crippen LogP) is 5.55. The minimum absolute atomic E-state index is 0.0379. The summed E-state index contributed by atoms with van der Waals surface area (Å²) in [6.45, 7) is -0.324. The number of carbonyl (C=O) groups excluding carboxylic acids is 1. The van der Waals surface area contributed by atoms with Gasteiger partial charge in [0, 0.05) is 5.56 Å². The van der Waals surface area contributed by atoms with Gasteiger partial charge in [0.05, 0.1) is 5.02 Å². The summed E-state index contributed by atoms with van der Waals surface area (Å²) >= 11 is 6.21. The lowest BCUT2D eigenvalue weighted by Gasteiger charge is -2.09. The molecule has 0 aliphatic heterocycles. The maximum Gasteiger partial charge on any atom is 0.200 e. The van der Waals surface area contributed by atoms with Crippen molar-refractivity contribution in [3.8, 4) is 16.9 Å². The molecule has 25 heavy (non-hydrogen) atoms. The molecule has 0 fully saturated rings. The minimum Gasteiger partial charge on any atom is -0.484 e. The van der Waals surface area contributed by atoms with Gasteiger partial charge in [0.1, 0.15) is 5.75 Å². The van der Waals surface area contributed by atoms with Crippen molar-refractivity contribution >= 4 is 17.4 Å². The topological polar surface area (TPSA) is 26.3 Å². The molecule has 5 heteroatoms. The molecule has 0 aliphatic carbocycles. The maximum absolute atomic E-state index is 13.2. The Hall–Kier alpha value is -2.72. The number of halogens is 3. The van der Waals surface area contributed by atoms with Crippen molar-refractivity contribution in [2.75, 3.05) is 6.61 Å². The second-order valence-corrected chi connectivity index (χ2v) is 5.76. The molecule has 0 bridgehead atoms. The van der Waals surface area contributed by atoms with E-state index in [-0.39, 0.29) is 12.2 Å². The second-order valence-electron chi connectivity index (χ2n) is 5.35. The molecule has 0 aliphatic rings. The molecule has 3 aromatic carbocycles. The summed E-state index contributed by atoms with van der Waals surface area (Å²) in [6.07, 6.45) is 0. The molecule has 3 aromatic rings. The van der Waals surface area contributed by atoms with Gasteiger partial charge in [-0.05, 0) is 41.5 Å². The van der Waals surface area contributed by atoms with Gasteiger partial charge in [-0.15, -0.1) is 0 Å². The molecular formula is C20H13ClF2O2. The van der Waals surface area contributed by atoms with Crippen LogP contribution in [0.25, 0.3) is 11.1 Å².